The van der Waals surface area contributed by atoms with Crippen molar-refractivity contribution in [2.75, 3.05) is 23.8 Å². The van der Waals surface area contributed by atoms with Gasteiger partial charge in [-0.2, -0.15) is 0 Å². The summed E-state index contributed by atoms with van der Waals surface area (Å²) in [5, 5.41) is 14.5. The standard InChI is InChI=1S/C15H15N3O5/c1-8-14(21)17-13-9(3-2-4-11(13)23-8)16-10-7-12(20)18(5-6-19)15(10)22/h2-4,7-8,16,19H,5-6H2,1H3,(H,17,21). The summed E-state index contributed by atoms with van der Waals surface area (Å²) >= 11 is 0. The van der Waals surface area contributed by atoms with Gasteiger partial charge in [0.15, 0.2) is 6.10 Å². The van der Waals surface area contributed by atoms with E-state index in [1.165, 1.54) is 0 Å². The number of carbonyl (C=O) groups excluding carboxylic acids is 3. The van der Waals surface area contributed by atoms with Crippen molar-refractivity contribution in [1.82, 2.24) is 4.90 Å². The minimum Gasteiger partial charge on any atom is -0.479 e. The van der Waals surface area contributed by atoms with Gasteiger partial charge >= 0.3 is 0 Å². The van der Waals surface area contributed by atoms with Crippen LogP contribution in [0.1, 0.15) is 6.92 Å². The topological polar surface area (TPSA) is 108 Å². The number of ether oxygens (including phenoxy) is 1. The second-order valence-electron chi connectivity index (χ2n) is 5.13. The van der Waals surface area contributed by atoms with Gasteiger partial charge in [-0.05, 0) is 19.1 Å². The van der Waals surface area contributed by atoms with Crippen LogP contribution in [0.3, 0.4) is 0 Å². The number of benzene rings is 1. The number of rotatable bonds is 4. The molecular formula is C15H15N3O5. The zero-order chi connectivity index (χ0) is 16.6. The normalized spacial score (nSPS) is 19.9. The van der Waals surface area contributed by atoms with Crippen molar-refractivity contribution in [1.29, 1.82) is 0 Å². The first-order valence-corrected chi connectivity index (χ1v) is 7.07. The van der Waals surface area contributed by atoms with E-state index in [0.717, 1.165) is 11.0 Å². The number of β-amino-alcohol motifs (C(OH)–C–C–N with tert-alkyl or cyclic N) is 1. The molecule has 0 aromatic heterocycles. The summed E-state index contributed by atoms with van der Waals surface area (Å²) in [7, 11) is 0. The molecule has 2 aliphatic rings. The van der Waals surface area contributed by atoms with E-state index in [-0.39, 0.29) is 24.8 Å². The molecule has 0 bridgehead atoms. The summed E-state index contributed by atoms with van der Waals surface area (Å²) in [5.41, 5.74) is 0.933. The number of fused-ring (bicyclic) bond motifs is 1. The van der Waals surface area contributed by atoms with Gasteiger partial charge in [-0.25, -0.2) is 0 Å². The van der Waals surface area contributed by atoms with Gasteiger partial charge in [0.05, 0.1) is 18.8 Å². The van der Waals surface area contributed by atoms with Gasteiger partial charge in [0, 0.05) is 6.08 Å². The molecule has 0 saturated heterocycles. The van der Waals surface area contributed by atoms with E-state index in [4.69, 9.17) is 9.84 Å². The second kappa shape index (κ2) is 5.73. The van der Waals surface area contributed by atoms with Gasteiger partial charge in [-0.3, -0.25) is 19.3 Å². The van der Waals surface area contributed by atoms with E-state index in [0.29, 0.717) is 17.1 Å². The Morgan fingerprint density at radius 1 is 1.35 bits per heavy atom. The number of para-hydroxylation sites is 1. The Labute approximate surface area is 131 Å². The van der Waals surface area contributed by atoms with Gasteiger partial charge in [0.1, 0.15) is 17.1 Å². The number of hydrogen-bond acceptors (Lipinski definition) is 6. The van der Waals surface area contributed by atoms with Crippen LogP contribution in [0.25, 0.3) is 0 Å². The third kappa shape index (κ3) is 2.64. The zero-order valence-corrected chi connectivity index (χ0v) is 12.3. The molecule has 3 rings (SSSR count). The first-order valence-electron chi connectivity index (χ1n) is 7.07. The maximum atomic E-state index is 12.1. The Balaban J connectivity index is 1.86. The summed E-state index contributed by atoms with van der Waals surface area (Å²) in [6.07, 6.45) is 0.553. The number of carbonyl (C=O) groups is 3. The Kier molecular flexibility index (Phi) is 3.75. The van der Waals surface area contributed by atoms with E-state index in [9.17, 15) is 14.4 Å². The van der Waals surface area contributed by atoms with Crippen LogP contribution in [0.4, 0.5) is 11.4 Å². The number of imide groups is 1. The van der Waals surface area contributed by atoms with Gasteiger partial charge in [-0.15, -0.1) is 0 Å². The predicted molar refractivity (Wildman–Crippen MR) is 80.7 cm³/mol. The second-order valence-corrected chi connectivity index (χ2v) is 5.13. The van der Waals surface area contributed by atoms with Gasteiger partial charge in [0.25, 0.3) is 17.7 Å². The molecule has 8 heteroatoms. The van der Waals surface area contributed by atoms with Crippen LogP contribution in [0, 0.1) is 0 Å². The number of aliphatic hydroxyl groups excluding tert-OH is 1. The molecule has 0 saturated carbocycles. The number of nitrogens with zero attached hydrogens (tertiary/aromatic N) is 1. The fraction of sp³-hybridized carbons (Fsp3) is 0.267. The molecule has 2 heterocycles. The number of amides is 3. The molecule has 3 N–H and O–H groups in total. The lowest BCUT2D eigenvalue weighted by Gasteiger charge is -2.25. The Morgan fingerprint density at radius 3 is 2.87 bits per heavy atom. The van der Waals surface area contributed by atoms with E-state index in [2.05, 4.69) is 10.6 Å². The van der Waals surface area contributed by atoms with E-state index in [1.54, 1.807) is 25.1 Å². The summed E-state index contributed by atoms with van der Waals surface area (Å²) in [6, 6.07) is 5.06. The lowest BCUT2D eigenvalue weighted by Crippen LogP contribution is -2.35. The van der Waals surface area contributed by atoms with E-state index >= 15 is 0 Å². The molecule has 2 aliphatic heterocycles. The molecular weight excluding hydrogens is 302 g/mol. The van der Waals surface area contributed by atoms with Gasteiger partial charge < -0.3 is 20.5 Å². The highest BCUT2D eigenvalue weighted by Crippen LogP contribution is 2.37. The molecule has 0 fully saturated rings. The van der Waals surface area contributed by atoms with Crippen LogP contribution in [0.2, 0.25) is 0 Å². The number of aliphatic hydroxyl groups is 1. The fourth-order valence-electron chi connectivity index (χ4n) is 2.39. The maximum Gasteiger partial charge on any atom is 0.277 e. The van der Waals surface area contributed by atoms with Crippen LogP contribution in [0.5, 0.6) is 5.75 Å². The van der Waals surface area contributed by atoms with Crippen LogP contribution >= 0.6 is 0 Å². The van der Waals surface area contributed by atoms with E-state index in [1.807, 2.05) is 0 Å². The van der Waals surface area contributed by atoms with Crippen LogP contribution in [-0.4, -0.2) is 47.0 Å². The molecule has 0 spiro atoms. The van der Waals surface area contributed by atoms with Crippen molar-refractivity contribution in [3.63, 3.8) is 0 Å². The van der Waals surface area contributed by atoms with Crippen LogP contribution in [0.15, 0.2) is 30.0 Å². The maximum absolute atomic E-state index is 12.1. The van der Waals surface area contributed by atoms with Gasteiger partial charge in [0.2, 0.25) is 0 Å². The third-order valence-electron chi connectivity index (χ3n) is 3.55. The third-order valence-corrected chi connectivity index (χ3v) is 3.55. The summed E-state index contributed by atoms with van der Waals surface area (Å²) in [5.74, 6) is -0.841. The Morgan fingerprint density at radius 2 is 2.13 bits per heavy atom. The molecule has 1 aromatic carbocycles. The fourth-order valence-corrected chi connectivity index (χ4v) is 2.39. The highest BCUT2D eigenvalue weighted by atomic mass is 16.5. The summed E-state index contributed by atoms with van der Waals surface area (Å²) in [6.45, 7) is 1.26. The molecule has 3 amide bonds. The van der Waals surface area contributed by atoms with Crippen LogP contribution < -0.4 is 15.4 Å². The van der Waals surface area contributed by atoms with Crippen molar-refractivity contribution < 1.29 is 24.2 Å². The first-order chi connectivity index (χ1) is 11.0. The average molecular weight is 317 g/mol. The molecule has 1 aromatic rings. The van der Waals surface area contributed by atoms with Crippen LogP contribution in [-0.2, 0) is 14.4 Å². The molecule has 23 heavy (non-hydrogen) atoms. The van der Waals surface area contributed by atoms with Gasteiger partial charge in [-0.1, -0.05) is 6.07 Å². The average Bonchev–Trinajstić information content (AvgIpc) is 2.77. The largest absolute Gasteiger partial charge is 0.479 e. The highest BCUT2D eigenvalue weighted by Gasteiger charge is 2.32. The molecule has 1 atom stereocenters. The van der Waals surface area contributed by atoms with Crippen molar-refractivity contribution in [3.8, 4) is 5.75 Å². The van der Waals surface area contributed by atoms with Crippen molar-refractivity contribution >= 4 is 29.1 Å². The molecule has 1 unspecified atom stereocenters. The zero-order valence-electron chi connectivity index (χ0n) is 12.3. The van der Waals surface area contributed by atoms with Crippen molar-refractivity contribution in [2.24, 2.45) is 0 Å². The minimum atomic E-state index is -0.605. The Hall–Kier alpha value is -2.87. The monoisotopic (exact) mass is 317 g/mol. The number of hydrogen-bond donors (Lipinski definition) is 3. The molecule has 120 valence electrons. The highest BCUT2D eigenvalue weighted by molar-refractivity contribution is 6.18. The summed E-state index contributed by atoms with van der Waals surface area (Å²) in [4.78, 5) is 36.6. The quantitative estimate of drug-likeness (QED) is 0.678. The molecule has 0 radical (unpaired) electrons. The lowest BCUT2D eigenvalue weighted by atomic mass is 10.2. The van der Waals surface area contributed by atoms with Crippen molar-refractivity contribution in [2.45, 2.75) is 13.0 Å². The predicted octanol–water partition coefficient (Wildman–Crippen LogP) is 0.0629. The first kappa shape index (κ1) is 15.0. The summed E-state index contributed by atoms with van der Waals surface area (Å²) < 4.78 is 5.49. The van der Waals surface area contributed by atoms with E-state index < -0.39 is 17.9 Å². The molecule has 0 aliphatic carbocycles. The lowest BCUT2D eigenvalue weighted by molar-refractivity contribution is -0.137. The molecule has 8 nitrogen and oxygen atoms in total. The Bertz CT molecular complexity index is 728. The SMILES string of the molecule is CC1Oc2cccc(NC3=CC(=O)N(CCO)C3=O)c2NC1=O. The minimum absolute atomic E-state index is 0.0659. The van der Waals surface area contributed by atoms with Crippen molar-refractivity contribution in [3.05, 3.63) is 30.0 Å². The number of nitrogens with one attached hydrogen (secondary N) is 2. The number of anilines is 2. The smallest absolute Gasteiger partial charge is 0.277 e.